The summed E-state index contributed by atoms with van der Waals surface area (Å²) in [5.41, 5.74) is 2.21. The van der Waals surface area contributed by atoms with E-state index >= 15 is 0 Å². The summed E-state index contributed by atoms with van der Waals surface area (Å²) >= 11 is 1.61. The third-order valence-electron chi connectivity index (χ3n) is 3.01. The first-order valence-electron chi connectivity index (χ1n) is 7.13. The Morgan fingerprint density at radius 3 is 2.57 bits per heavy atom. The first kappa shape index (κ1) is 16.0. The Kier molecular flexibility index (Phi) is 5.39. The van der Waals surface area contributed by atoms with Gasteiger partial charge in [-0.3, -0.25) is 0 Å². The van der Waals surface area contributed by atoms with Crippen LogP contribution in [0.2, 0.25) is 0 Å². The highest BCUT2D eigenvalue weighted by molar-refractivity contribution is 7.08. The van der Waals surface area contributed by atoms with Crippen LogP contribution in [-0.2, 0) is 0 Å². The monoisotopic (exact) mass is 305 g/mol. The largest absolute Gasteiger partial charge is 0.489 e. The fourth-order valence-electron chi connectivity index (χ4n) is 1.89. The molecule has 1 heterocycles. The average Bonchev–Trinajstić information content (AvgIpc) is 2.91. The topological polar surface area (TPSA) is 41.5 Å². The first-order valence-corrected chi connectivity index (χ1v) is 8.07. The van der Waals surface area contributed by atoms with Gasteiger partial charge in [-0.1, -0.05) is 30.3 Å². The smallest absolute Gasteiger partial charge is 0.137 e. The van der Waals surface area contributed by atoms with Gasteiger partial charge >= 0.3 is 0 Å². The van der Waals surface area contributed by atoms with E-state index in [1.807, 2.05) is 23.6 Å². The predicted molar refractivity (Wildman–Crippen MR) is 89.0 cm³/mol. The van der Waals surface area contributed by atoms with E-state index in [1.165, 1.54) is 0 Å². The van der Waals surface area contributed by atoms with E-state index in [-0.39, 0.29) is 5.54 Å². The molecule has 114 valence electrons. The van der Waals surface area contributed by atoms with Crippen LogP contribution < -0.4 is 10.1 Å². The van der Waals surface area contributed by atoms with Crippen molar-refractivity contribution in [2.75, 3.05) is 13.2 Å². The molecule has 0 radical (unpaired) electrons. The average molecular weight is 305 g/mol. The van der Waals surface area contributed by atoms with Crippen LogP contribution in [0, 0.1) is 0 Å². The number of thiophene rings is 1. The molecule has 1 aromatic carbocycles. The highest BCUT2D eigenvalue weighted by Gasteiger charge is 2.14. The summed E-state index contributed by atoms with van der Waals surface area (Å²) in [6, 6.07) is 10.1. The SMILES string of the molecule is CC(C)(C)NCC(O)COc1cscc1-c1ccccc1. The molecule has 3 nitrogen and oxygen atoms in total. The second-order valence-electron chi connectivity index (χ2n) is 6.11. The molecule has 21 heavy (non-hydrogen) atoms. The second kappa shape index (κ2) is 7.07. The zero-order valence-electron chi connectivity index (χ0n) is 12.8. The molecule has 2 rings (SSSR count). The van der Waals surface area contributed by atoms with E-state index in [2.05, 4.69) is 43.6 Å². The van der Waals surface area contributed by atoms with Crippen LogP contribution in [0.1, 0.15) is 20.8 Å². The first-order chi connectivity index (χ1) is 9.96. The van der Waals surface area contributed by atoms with Crippen molar-refractivity contribution in [1.29, 1.82) is 0 Å². The molecular weight excluding hydrogens is 282 g/mol. The Hall–Kier alpha value is -1.36. The summed E-state index contributed by atoms with van der Waals surface area (Å²) in [5.74, 6) is 0.834. The van der Waals surface area contributed by atoms with Crippen molar-refractivity contribution in [3.8, 4) is 16.9 Å². The van der Waals surface area contributed by atoms with E-state index in [0.29, 0.717) is 13.2 Å². The molecule has 2 aromatic rings. The number of rotatable bonds is 6. The lowest BCUT2D eigenvalue weighted by Crippen LogP contribution is -2.42. The van der Waals surface area contributed by atoms with Gasteiger partial charge in [-0.2, -0.15) is 0 Å². The Balaban J connectivity index is 1.91. The summed E-state index contributed by atoms with van der Waals surface area (Å²) in [4.78, 5) is 0. The van der Waals surface area contributed by atoms with Crippen molar-refractivity contribution in [2.24, 2.45) is 0 Å². The zero-order chi connectivity index (χ0) is 15.3. The zero-order valence-corrected chi connectivity index (χ0v) is 13.6. The van der Waals surface area contributed by atoms with Gasteiger partial charge in [-0.25, -0.2) is 0 Å². The molecule has 0 saturated heterocycles. The molecule has 0 fully saturated rings. The minimum absolute atomic E-state index is 0.00143. The fourth-order valence-corrected chi connectivity index (χ4v) is 2.67. The van der Waals surface area contributed by atoms with Crippen molar-refractivity contribution >= 4 is 11.3 Å². The molecule has 0 aliphatic heterocycles. The molecule has 0 aliphatic carbocycles. The van der Waals surface area contributed by atoms with Crippen molar-refractivity contribution in [2.45, 2.75) is 32.4 Å². The van der Waals surface area contributed by atoms with E-state index < -0.39 is 6.10 Å². The molecular formula is C17H23NO2S. The lowest BCUT2D eigenvalue weighted by atomic mass is 10.1. The molecule has 0 aliphatic rings. The molecule has 0 saturated carbocycles. The minimum Gasteiger partial charge on any atom is -0.489 e. The molecule has 1 atom stereocenters. The fraction of sp³-hybridized carbons (Fsp3) is 0.412. The predicted octanol–water partition coefficient (Wildman–Crippen LogP) is 3.54. The molecule has 0 spiro atoms. The van der Waals surface area contributed by atoms with Gasteiger partial charge in [0.15, 0.2) is 0 Å². The number of hydrogen-bond donors (Lipinski definition) is 2. The van der Waals surface area contributed by atoms with Crippen LogP contribution in [0.4, 0.5) is 0 Å². The molecule has 0 amide bonds. The van der Waals surface area contributed by atoms with Crippen LogP contribution in [0.5, 0.6) is 5.75 Å². The summed E-state index contributed by atoms with van der Waals surface area (Å²) in [7, 11) is 0. The Morgan fingerprint density at radius 2 is 1.90 bits per heavy atom. The number of β-amino-alcohol motifs (C(OH)–C–C–N with tert-alkyl or cyclic N) is 1. The Morgan fingerprint density at radius 1 is 1.19 bits per heavy atom. The molecule has 0 bridgehead atoms. The van der Waals surface area contributed by atoms with Crippen LogP contribution in [0.15, 0.2) is 41.1 Å². The van der Waals surface area contributed by atoms with Gasteiger partial charge < -0.3 is 15.2 Å². The highest BCUT2D eigenvalue weighted by atomic mass is 32.1. The Bertz CT molecular complexity index is 545. The van der Waals surface area contributed by atoms with Gasteiger partial charge in [-0.05, 0) is 26.3 Å². The molecule has 2 N–H and O–H groups in total. The van der Waals surface area contributed by atoms with Gasteiger partial charge in [-0.15, -0.1) is 11.3 Å². The van der Waals surface area contributed by atoms with Gasteiger partial charge in [0.05, 0.1) is 0 Å². The van der Waals surface area contributed by atoms with Crippen LogP contribution in [-0.4, -0.2) is 29.9 Å². The number of hydrogen-bond acceptors (Lipinski definition) is 4. The van der Waals surface area contributed by atoms with Crippen molar-refractivity contribution < 1.29 is 9.84 Å². The van der Waals surface area contributed by atoms with Gasteiger partial charge in [0.1, 0.15) is 18.5 Å². The van der Waals surface area contributed by atoms with E-state index in [0.717, 1.165) is 16.9 Å². The van der Waals surface area contributed by atoms with Crippen LogP contribution in [0.25, 0.3) is 11.1 Å². The quantitative estimate of drug-likeness (QED) is 0.857. The number of aliphatic hydroxyl groups excluding tert-OH is 1. The normalized spacial score (nSPS) is 13.1. The third-order valence-corrected chi connectivity index (χ3v) is 3.73. The summed E-state index contributed by atoms with van der Waals surface area (Å²) in [6.45, 7) is 7.04. The van der Waals surface area contributed by atoms with Crippen molar-refractivity contribution in [3.05, 3.63) is 41.1 Å². The number of nitrogens with one attached hydrogen (secondary N) is 1. The number of ether oxygens (including phenoxy) is 1. The van der Waals surface area contributed by atoms with E-state index in [1.54, 1.807) is 11.3 Å². The maximum Gasteiger partial charge on any atom is 0.137 e. The highest BCUT2D eigenvalue weighted by Crippen LogP contribution is 2.33. The second-order valence-corrected chi connectivity index (χ2v) is 6.86. The summed E-state index contributed by atoms with van der Waals surface area (Å²) in [6.07, 6.45) is -0.521. The van der Waals surface area contributed by atoms with Crippen molar-refractivity contribution in [1.82, 2.24) is 5.32 Å². The van der Waals surface area contributed by atoms with Crippen LogP contribution in [0.3, 0.4) is 0 Å². The van der Waals surface area contributed by atoms with E-state index in [4.69, 9.17) is 4.74 Å². The maximum absolute atomic E-state index is 9.99. The van der Waals surface area contributed by atoms with Crippen molar-refractivity contribution in [3.63, 3.8) is 0 Å². The van der Waals surface area contributed by atoms with Gasteiger partial charge in [0.25, 0.3) is 0 Å². The van der Waals surface area contributed by atoms with Gasteiger partial charge in [0, 0.05) is 28.4 Å². The van der Waals surface area contributed by atoms with E-state index in [9.17, 15) is 5.11 Å². The molecule has 1 aromatic heterocycles. The van der Waals surface area contributed by atoms with Gasteiger partial charge in [0.2, 0.25) is 0 Å². The molecule has 1 unspecified atom stereocenters. The Labute approximate surface area is 130 Å². The van der Waals surface area contributed by atoms with Crippen LogP contribution >= 0.6 is 11.3 Å². The molecule has 4 heteroatoms. The third kappa shape index (κ3) is 5.16. The summed E-state index contributed by atoms with van der Waals surface area (Å²) in [5, 5.41) is 17.3. The lowest BCUT2D eigenvalue weighted by molar-refractivity contribution is 0.101. The minimum atomic E-state index is -0.521. The maximum atomic E-state index is 9.99. The summed E-state index contributed by atoms with van der Waals surface area (Å²) < 4.78 is 5.78. The number of benzene rings is 1. The standard InChI is InChI=1S/C17H23NO2S/c1-17(2,3)18-9-14(19)10-20-16-12-21-11-15(16)13-7-5-4-6-8-13/h4-8,11-12,14,18-19H,9-10H2,1-3H3. The number of aliphatic hydroxyl groups is 1. The lowest BCUT2D eigenvalue weighted by Gasteiger charge is -2.23.